The van der Waals surface area contributed by atoms with E-state index in [-0.39, 0.29) is 17.4 Å². The second-order valence-corrected chi connectivity index (χ2v) is 9.25. The minimum atomic E-state index is -0.278. The summed E-state index contributed by atoms with van der Waals surface area (Å²) in [7, 11) is 0. The Bertz CT molecular complexity index is 1340. The van der Waals surface area contributed by atoms with Crippen LogP contribution in [-0.4, -0.2) is 27.6 Å². The number of hydrogen-bond donors (Lipinski definition) is 2. The molecule has 0 fully saturated rings. The van der Waals surface area contributed by atoms with E-state index in [2.05, 4.69) is 20.7 Å². The molecule has 4 aromatic rings. The number of hydrogen-bond acceptors (Lipinski definition) is 5. The predicted octanol–water partition coefficient (Wildman–Crippen LogP) is 4.76. The second-order valence-electron chi connectivity index (χ2n) is 7.43. The van der Waals surface area contributed by atoms with Crippen LogP contribution in [0.2, 0.25) is 10.0 Å². The third-order valence-corrected chi connectivity index (χ3v) is 6.49. The summed E-state index contributed by atoms with van der Waals surface area (Å²) in [5.74, 6) is 0.481. The predicted molar refractivity (Wildman–Crippen MR) is 137 cm³/mol. The SMILES string of the molecule is CCC(=NNC(=O)CSc1n[nH]c(-c2ccc(Cl)cc2)[n+]1-c1ccc(Cl)cc1)c1ccc([O-])cc1. The van der Waals surface area contributed by atoms with Crippen LogP contribution in [0.3, 0.4) is 0 Å². The maximum Gasteiger partial charge on any atom is 0.342 e. The molecule has 7 nitrogen and oxygen atoms in total. The summed E-state index contributed by atoms with van der Waals surface area (Å²) in [6.45, 7) is 1.93. The Morgan fingerprint density at radius 2 is 1.66 bits per heavy atom. The zero-order valence-electron chi connectivity index (χ0n) is 18.7. The maximum absolute atomic E-state index is 12.6. The van der Waals surface area contributed by atoms with Crippen LogP contribution in [0, 0.1) is 0 Å². The van der Waals surface area contributed by atoms with Crippen molar-refractivity contribution >= 4 is 46.6 Å². The maximum atomic E-state index is 12.6. The van der Waals surface area contributed by atoms with Crippen LogP contribution in [0.15, 0.2) is 83.1 Å². The molecular formula is C25H21Cl2N5O2S. The zero-order chi connectivity index (χ0) is 24.8. The molecule has 0 aliphatic carbocycles. The number of amides is 1. The Morgan fingerprint density at radius 3 is 2.29 bits per heavy atom. The summed E-state index contributed by atoms with van der Waals surface area (Å²) in [5, 5.41) is 24.9. The standard InChI is InChI=1S/C25H21Cl2N5O2S/c1-2-22(16-5-13-21(33)14-6-16)28-29-23(34)15-35-25-31-30-24(17-3-7-18(26)8-4-17)32(25)20-11-9-19(27)10-12-20/h3-14H,2,15H2,1H3,(H2,28,29,33,34). The van der Waals surface area contributed by atoms with Gasteiger partial charge >= 0.3 is 5.16 Å². The fourth-order valence-corrected chi connectivity index (χ4v) is 4.32. The molecule has 0 unspecified atom stereocenters. The number of benzene rings is 3. The summed E-state index contributed by atoms with van der Waals surface area (Å²) in [6.07, 6.45) is 0.603. The number of H-pyrrole nitrogens is 1. The summed E-state index contributed by atoms with van der Waals surface area (Å²) < 4.78 is 1.92. The van der Waals surface area contributed by atoms with Crippen molar-refractivity contribution in [3.8, 4) is 22.8 Å². The molecule has 35 heavy (non-hydrogen) atoms. The van der Waals surface area contributed by atoms with Crippen molar-refractivity contribution in [2.45, 2.75) is 18.5 Å². The number of carbonyl (C=O) groups is 1. The molecule has 0 spiro atoms. The number of halogens is 2. The lowest BCUT2D eigenvalue weighted by atomic mass is 10.1. The van der Waals surface area contributed by atoms with Crippen molar-refractivity contribution < 1.29 is 14.5 Å². The van der Waals surface area contributed by atoms with Crippen LogP contribution < -0.4 is 15.1 Å². The van der Waals surface area contributed by atoms with Gasteiger partial charge in [0, 0.05) is 10.0 Å². The summed E-state index contributed by atoms with van der Waals surface area (Å²) in [6, 6.07) is 21.1. The number of hydrazone groups is 1. The lowest BCUT2D eigenvalue weighted by Crippen LogP contribution is -2.34. The second kappa shape index (κ2) is 11.4. The van der Waals surface area contributed by atoms with Crippen LogP contribution >= 0.6 is 35.0 Å². The normalized spacial score (nSPS) is 11.5. The molecule has 1 heterocycles. The van der Waals surface area contributed by atoms with Gasteiger partial charge in [-0.2, -0.15) is 9.67 Å². The van der Waals surface area contributed by atoms with Crippen LogP contribution in [0.5, 0.6) is 5.75 Å². The number of nitrogens with zero attached hydrogens (tertiary/aromatic N) is 3. The molecule has 1 amide bonds. The van der Waals surface area contributed by atoms with E-state index in [1.54, 1.807) is 36.4 Å². The van der Waals surface area contributed by atoms with Gasteiger partial charge < -0.3 is 5.11 Å². The Hall–Kier alpha value is -3.33. The lowest BCUT2D eigenvalue weighted by molar-refractivity contribution is -0.625. The lowest BCUT2D eigenvalue weighted by Gasteiger charge is -2.08. The number of carbonyl (C=O) groups excluding carboxylic acids is 1. The van der Waals surface area contributed by atoms with Crippen molar-refractivity contribution in [2.75, 3.05) is 5.75 Å². The third kappa shape index (κ3) is 6.22. The van der Waals surface area contributed by atoms with E-state index in [4.69, 9.17) is 23.2 Å². The molecule has 3 aromatic carbocycles. The highest BCUT2D eigenvalue weighted by atomic mass is 35.5. The molecule has 178 valence electrons. The molecule has 4 rings (SSSR count). The fraction of sp³-hybridized carbons (Fsp3) is 0.120. The summed E-state index contributed by atoms with van der Waals surface area (Å²) in [5.41, 5.74) is 5.80. The number of aromatic amines is 1. The van der Waals surface area contributed by atoms with E-state index in [0.29, 0.717) is 27.3 Å². The number of nitrogens with one attached hydrogen (secondary N) is 2. The van der Waals surface area contributed by atoms with Gasteiger partial charge in [-0.05, 0) is 72.3 Å². The van der Waals surface area contributed by atoms with E-state index in [1.165, 1.54) is 23.9 Å². The van der Waals surface area contributed by atoms with Crippen LogP contribution in [-0.2, 0) is 4.79 Å². The van der Waals surface area contributed by atoms with Gasteiger partial charge in [0.1, 0.15) is 5.69 Å². The molecule has 0 aliphatic rings. The highest BCUT2D eigenvalue weighted by Gasteiger charge is 2.24. The first-order valence-corrected chi connectivity index (χ1v) is 12.5. The average molecular weight is 526 g/mol. The van der Waals surface area contributed by atoms with E-state index in [1.807, 2.05) is 35.8 Å². The first kappa shape index (κ1) is 24.8. The largest absolute Gasteiger partial charge is 0.872 e. The van der Waals surface area contributed by atoms with E-state index < -0.39 is 0 Å². The molecule has 0 bridgehead atoms. The van der Waals surface area contributed by atoms with Crippen molar-refractivity contribution in [3.63, 3.8) is 0 Å². The monoisotopic (exact) mass is 525 g/mol. The van der Waals surface area contributed by atoms with Crippen molar-refractivity contribution in [3.05, 3.63) is 88.4 Å². The fourth-order valence-electron chi connectivity index (χ4n) is 3.31. The van der Waals surface area contributed by atoms with E-state index >= 15 is 0 Å². The highest BCUT2D eigenvalue weighted by molar-refractivity contribution is 7.99. The summed E-state index contributed by atoms with van der Waals surface area (Å²) in [4.78, 5) is 12.6. The minimum absolute atomic E-state index is 0.0735. The first-order valence-electron chi connectivity index (χ1n) is 10.7. The van der Waals surface area contributed by atoms with Crippen LogP contribution in [0.1, 0.15) is 18.9 Å². The topological polar surface area (TPSA) is 97.1 Å². The van der Waals surface area contributed by atoms with Gasteiger partial charge in [-0.1, -0.05) is 54.4 Å². The third-order valence-electron chi connectivity index (χ3n) is 5.05. The Morgan fingerprint density at radius 1 is 1.03 bits per heavy atom. The molecule has 0 saturated carbocycles. The van der Waals surface area contributed by atoms with Gasteiger partial charge in [0.05, 0.1) is 22.1 Å². The van der Waals surface area contributed by atoms with Gasteiger partial charge in [-0.15, -0.1) is 10.8 Å². The molecule has 10 heteroatoms. The van der Waals surface area contributed by atoms with Gasteiger partial charge in [-0.3, -0.25) is 4.79 Å². The van der Waals surface area contributed by atoms with Crippen LogP contribution in [0.25, 0.3) is 17.1 Å². The highest BCUT2D eigenvalue weighted by Crippen LogP contribution is 2.22. The van der Waals surface area contributed by atoms with Gasteiger partial charge in [0.15, 0.2) is 0 Å². The number of rotatable bonds is 8. The van der Waals surface area contributed by atoms with Gasteiger partial charge in [0.25, 0.3) is 11.7 Å². The van der Waals surface area contributed by atoms with Crippen LogP contribution in [0.4, 0.5) is 0 Å². The Labute approximate surface area is 216 Å². The number of thioether (sulfide) groups is 1. The van der Waals surface area contributed by atoms with Crippen molar-refractivity contribution in [1.82, 2.24) is 15.6 Å². The number of aromatic nitrogens is 3. The molecule has 1 aromatic heterocycles. The van der Waals surface area contributed by atoms with Crippen molar-refractivity contribution in [2.24, 2.45) is 5.10 Å². The van der Waals surface area contributed by atoms with Crippen molar-refractivity contribution in [1.29, 1.82) is 0 Å². The van der Waals surface area contributed by atoms with Gasteiger partial charge in [-0.25, -0.2) is 5.43 Å². The summed E-state index contributed by atoms with van der Waals surface area (Å²) >= 11 is 13.4. The molecule has 0 saturated heterocycles. The van der Waals surface area contributed by atoms with Gasteiger partial charge in [0.2, 0.25) is 0 Å². The minimum Gasteiger partial charge on any atom is -0.872 e. The molecule has 0 aliphatic heterocycles. The van der Waals surface area contributed by atoms with E-state index in [9.17, 15) is 9.90 Å². The zero-order valence-corrected chi connectivity index (χ0v) is 21.0. The molecule has 0 radical (unpaired) electrons. The van der Waals surface area contributed by atoms with E-state index in [0.717, 1.165) is 22.6 Å². The molecule has 2 N–H and O–H groups in total. The first-order chi connectivity index (χ1) is 16.9. The smallest absolute Gasteiger partial charge is 0.342 e. The Balaban J connectivity index is 1.53. The Kier molecular flexibility index (Phi) is 8.07. The average Bonchev–Trinajstić information content (AvgIpc) is 3.29. The quantitative estimate of drug-likeness (QED) is 0.150. The molecule has 0 atom stereocenters. The molecular weight excluding hydrogens is 505 g/mol.